The van der Waals surface area contributed by atoms with Crippen molar-refractivity contribution in [1.82, 2.24) is 29.3 Å². The molecule has 12 heteroatoms. The van der Waals surface area contributed by atoms with Crippen molar-refractivity contribution in [2.45, 2.75) is 77.2 Å². The molecule has 2 aliphatic heterocycles. The SMILES string of the molecule is CC#CCN1c2c(n(C)c(=O)n(-c3nc(C4CC4)c4ccccc4n3)c2=O)N(C)C1N1CCC[C@@H](NC(=O)OC(C)(C)C)C1. The molecule has 2 atom stereocenters. The van der Waals surface area contributed by atoms with E-state index in [1.807, 2.05) is 61.9 Å². The van der Waals surface area contributed by atoms with Crippen LogP contribution < -0.4 is 26.4 Å². The Morgan fingerprint density at radius 1 is 1.11 bits per heavy atom. The second kappa shape index (κ2) is 11.3. The van der Waals surface area contributed by atoms with Crippen LogP contribution in [0, 0.1) is 11.8 Å². The molecule has 6 rings (SSSR count). The van der Waals surface area contributed by atoms with Gasteiger partial charge in [0, 0.05) is 44.5 Å². The predicted molar refractivity (Wildman–Crippen MR) is 169 cm³/mol. The number of hydrogen-bond donors (Lipinski definition) is 1. The lowest BCUT2D eigenvalue weighted by molar-refractivity contribution is 0.0456. The number of likely N-dealkylation sites (tertiary alicyclic amines) is 1. The van der Waals surface area contributed by atoms with Crippen molar-refractivity contribution in [2.75, 3.05) is 36.5 Å². The summed E-state index contributed by atoms with van der Waals surface area (Å²) in [7, 11) is 3.56. The summed E-state index contributed by atoms with van der Waals surface area (Å²) in [5, 5.41) is 3.96. The van der Waals surface area contributed by atoms with Crippen molar-refractivity contribution in [1.29, 1.82) is 0 Å². The van der Waals surface area contributed by atoms with Gasteiger partial charge in [-0.15, -0.1) is 5.92 Å². The number of hydrogen-bond acceptors (Lipinski definition) is 9. The minimum atomic E-state index is -0.597. The number of nitrogens with one attached hydrogen (secondary N) is 1. The fourth-order valence-corrected chi connectivity index (χ4v) is 6.38. The van der Waals surface area contributed by atoms with Crippen LogP contribution in [0.4, 0.5) is 16.3 Å². The second-order valence-electron chi connectivity index (χ2n) is 12.8. The maximum absolute atomic E-state index is 14.4. The van der Waals surface area contributed by atoms with Gasteiger partial charge < -0.3 is 19.9 Å². The largest absolute Gasteiger partial charge is 0.444 e. The fourth-order valence-electron chi connectivity index (χ4n) is 6.38. The van der Waals surface area contributed by atoms with Gasteiger partial charge in [-0.25, -0.2) is 19.6 Å². The van der Waals surface area contributed by atoms with Gasteiger partial charge in [-0.2, -0.15) is 4.57 Å². The lowest BCUT2D eigenvalue weighted by Gasteiger charge is -2.42. The van der Waals surface area contributed by atoms with Crippen LogP contribution in [0.2, 0.25) is 0 Å². The molecule has 1 saturated carbocycles. The first kappa shape index (κ1) is 29.7. The minimum absolute atomic E-state index is 0.0891. The highest BCUT2D eigenvalue weighted by molar-refractivity contribution is 5.82. The molecule has 1 amide bonds. The molecule has 1 aromatic carbocycles. The quantitative estimate of drug-likeness (QED) is 0.441. The number of benzene rings is 1. The molecule has 3 aliphatic rings. The molecule has 1 aliphatic carbocycles. The van der Waals surface area contributed by atoms with Gasteiger partial charge in [0.15, 0.2) is 6.29 Å². The Balaban J connectivity index is 1.41. The molecule has 2 fully saturated rings. The Morgan fingerprint density at radius 2 is 1.86 bits per heavy atom. The first-order chi connectivity index (χ1) is 21.0. The molecular weight excluding hydrogens is 560 g/mol. The average Bonchev–Trinajstić information content (AvgIpc) is 3.77. The Hall–Kier alpha value is -4.37. The summed E-state index contributed by atoms with van der Waals surface area (Å²) in [6.07, 6.45) is 2.84. The zero-order valence-electron chi connectivity index (χ0n) is 26.3. The van der Waals surface area contributed by atoms with Crippen molar-refractivity contribution in [2.24, 2.45) is 7.05 Å². The Labute approximate surface area is 256 Å². The van der Waals surface area contributed by atoms with Crippen molar-refractivity contribution in [3.8, 4) is 17.8 Å². The predicted octanol–water partition coefficient (Wildman–Crippen LogP) is 2.91. The molecule has 12 nitrogen and oxygen atoms in total. The molecular formula is C32H40N8O4. The van der Waals surface area contributed by atoms with Crippen molar-refractivity contribution in [3.63, 3.8) is 0 Å². The van der Waals surface area contributed by atoms with Gasteiger partial charge >= 0.3 is 11.8 Å². The van der Waals surface area contributed by atoms with Crippen LogP contribution in [0.15, 0.2) is 33.9 Å². The van der Waals surface area contributed by atoms with E-state index in [2.05, 4.69) is 22.1 Å². The number of aromatic nitrogens is 4. The molecule has 1 saturated heterocycles. The van der Waals surface area contributed by atoms with E-state index in [0.29, 0.717) is 29.5 Å². The second-order valence-corrected chi connectivity index (χ2v) is 12.8. The molecule has 0 bridgehead atoms. The van der Waals surface area contributed by atoms with E-state index in [1.54, 1.807) is 14.0 Å². The monoisotopic (exact) mass is 600 g/mol. The summed E-state index contributed by atoms with van der Waals surface area (Å²) in [5.74, 6) is 6.98. The Bertz CT molecular complexity index is 1790. The molecule has 1 N–H and O–H groups in total. The number of nitrogens with zero attached hydrogens (tertiary/aromatic N) is 7. The number of amides is 1. The van der Waals surface area contributed by atoms with Crippen LogP contribution in [0.3, 0.4) is 0 Å². The highest BCUT2D eigenvalue weighted by Gasteiger charge is 2.44. The van der Waals surface area contributed by atoms with Gasteiger partial charge in [0.25, 0.3) is 5.56 Å². The van der Waals surface area contributed by atoms with E-state index in [0.717, 1.165) is 47.9 Å². The molecule has 4 heterocycles. The van der Waals surface area contributed by atoms with Crippen LogP contribution in [0.25, 0.3) is 16.9 Å². The first-order valence-electron chi connectivity index (χ1n) is 15.2. The van der Waals surface area contributed by atoms with E-state index in [1.165, 1.54) is 4.57 Å². The summed E-state index contributed by atoms with van der Waals surface area (Å²) in [4.78, 5) is 56.5. The standard InChI is InChI=1S/C32H40N8O4/c1-7-8-18-39-25-26(36(5)30(39)38-17-11-12-21(19-38)33-29(42)44-32(2,3)4)37(6)31(43)40(27(25)41)28-34-23-14-10-9-13-22(23)24(35-28)20-15-16-20/h9-10,13-14,20-21,30H,11-12,15-19H2,1-6H3,(H,33,42)/t21-,30?/m1/s1. The summed E-state index contributed by atoms with van der Waals surface area (Å²) < 4.78 is 8.10. The van der Waals surface area contributed by atoms with Crippen LogP contribution in [-0.2, 0) is 11.8 Å². The number of piperidine rings is 1. The zero-order chi connectivity index (χ0) is 31.3. The normalized spacial score (nSPS) is 20.3. The maximum atomic E-state index is 14.4. The summed E-state index contributed by atoms with van der Waals surface area (Å²) >= 11 is 0. The van der Waals surface area contributed by atoms with Gasteiger partial charge in [0.05, 0.1) is 17.8 Å². The zero-order valence-corrected chi connectivity index (χ0v) is 26.3. The molecule has 2 aromatic heterocycles. The highest BCUT2D eigenvalue weighted by Crippen LogP contribution is 2.42. The average molecular weight is 601 g/mol. The molecule has 44 heavy (non-hydrogen) atoms. The lowest BCUT2D eigenvalue weighted by Crippen LogP contribution is -2.60. The fraction of sp³-hybridized carbons (Fsp3) is 0.531. The van der Waals surface area contributed by atoms with E-state index < -0.39 is 29.2 Å². The number of carbonyl (C=O) groups excluding carboxylic acids is 1. The van der Waals surface area contributed by atoms with Gasteiger partial charge in [-0.1, -0.05) is 24.1 Å². The van der Waals surface area contributed by atoms with Crippen LogP contribution in [0.5, 0.6) is 0 Å². The number of fused-ring (bicyclic) bond motifs is 2. The van der Waals surface area contributed by atoms with Gasteiger partial charge in [0.2, 0.25) is 5.95 Å². The molecule has 3 aromatic rings. The highest BCUT2D eigenvalue weighted by atomic mass is 16.6. The van der Waals surface area contributed by atoms with Crippen molar-refractivity contribution in [3.05, 3.63) is 50.8 Å². The topological polar surface area (TPSA) is 118 Å². The first-order valence-corrected chi connectivity index (χ1v) is 15.2. The summed E-state index contributed by atoms with van der Waals surface area (Å²) in [6.45, 7) is 8.83. The number of carbonyl (C=O) groups is 1. The third-order valence-corrected chi connectivity index (χ3v) is 8.37. The molecule has 0 radical (unpaired) electrons. The van der Waals surface area contributed by atoms with E-state index in [9.17, 15) is 14.4 Å². The van der Waals surface area contributed by atoms with Gasteiger partial charge in [0.1, 0.15) is 17.1 Å². The number of ether oxygens (including phenoxy) is 1. The van der Waals surface area contributed by atoms with Gasteiger partial charge in [-0.3, -0.25) is 14.3 Å². The van der Waals surface area contributed by atoms with Crippen LogP contribution in [0.1, 0.15) is 65.0 Å². The number of alkyl carbamates (subject to hydrolysis) is 1. The lowest BCUT2D eigenvalue weighted by atomic mass is 10.1. The summed E-state index contributed by atoms with van der Waals surface area (Å²) in [6, 6.07) is 7.59. The summed E-state index contributed by atoms with van der Waals surface area (Å²) in [5.41, 5.74) is 0.361. The smallest absolute Gasteiger partial charge is 0.407 e. The third-order valence-electron chi connectivity index (χ3n) is 8.37. The molecule has 1 unspecified atom stereocenters. The van der Waals surface area contributed by atoms with Crippen LogP contribution >= 0.6 is 0 Å². The van der Waals surface area contributed by atoms with E-state index >= 15 is 0 Å². The third kappa shape index (κ3) is 5.41. The molecule has 0 spiro atoms. The maximum Gasteiger partial charge on any atom is 0.407 e. The Kier molecular flexibility index (Phi) is 7.61. The Morgan fingerprint density at radius 3 is 2.57 bits per heavy atom. The number of para-hydroxylation sites is 1. The van der Waals surface area contributed by atoms with Gasteiger partial charge in [-0.05, 0) is 59.4 Å². The van der Waals surface area contributed by atoms with E-state index in [4.69, 9.17) is 14.7 Å². The molecule has 232 valence electrons. The number of rotatable bonds is 5. The number of anilines is 2. The van der Waals surface area contributed by atoms with Crippen LogP contribution in [-0.4, -0.2) is 74.7 Å². The van der Waals surface area contributed by atoms with E-state index in [-0.39, 0.29) is 18.5 Å². The van der Waals surface area contributed by atoms with Crippen molar-refractivity contribution >= 4 is 28.5 Å². The van der Waals surface area contributed by atoms with Crippen molar-refractivity contribution < 1.29 is 9.53 Å². The minimum Gasteiger partial charge on any atom is -0.444 e.